The van der Waals surface area contributed by atoms with E-state index in [9.17, 15) is 9.18 Å². The molecule has 124 valence electrons. The zero-order valence-electron chi connectivity index (χ0n) is 13.4. The molecule has 0 bridgehead atoms. The quantitative estimate of drug-likeness (QED) is 0.922. The molecule has 8 nitrogen and oxygen atoms in total. The van der Waals surface area contributed by atoms with Gasteiger partial charge >= 0.3 is 6.09 Å². The van der Waals surface area contributed by atoms with Crippen LogP contribution in [0, 0.1) is 5.82 Å². The van der Waals surface area contributed by atoms with Crippen molar-refractivity contribution in [2.45, 2.75) is 45.9 Å². The van der Waals surface area contributed by atoms with Gasteiger partial charge in [0.15, 0.2) is 0 Å². The van der Waals surface area contributed by atoms with Crippen LogP contribution in [0.5, 0.6) is 0 Å². The van der Waals surface area contributed by atoms with E-state index in [-0.39, 0.29) is 11.9 Å². The Morgan fingerprint density at radius 2 is 2.17 bits per heavy atom. The molecule has 0 saturated heterocycles. The van der Waals surface area contributed by atoms with E-state index in [0.29, 0.717) is 12.2 Å². The van der Waals surface area contributed by atoms with Gasteiger partial charge in [-0.2, -0.15) is 4.80 Å². The third-order valence-corrected chi connectivity index (χ3v) is 2.61. The van der Waals surface area contributed by atoms with Gasteiger partial charge in [-0.3, -0.25) is 0 Å². The van der Waals surface area contributed by atoms with Crippen molar-refractivity contribution in [3.63, 3.8) is 0 Å². The van der Waals surface area contributed by atoms with Crippen LogP contribution in [0.3, 0.4) is 0 Å². The molecule has 2 heterocycles. The zero-order chi connectivity index (χ0) is 17.0. The fourth-order valence-electron chi connectivity index (χ4n) is 1.73. The molecule has 0 aromatic carbocycles. The lowest BCUT2D eigenvalue weighted by atomic mass is 10.2. The molecule has 0 radical (unpaired) electrons. The predicted octanol–water partition coefficient (Wildman–Crippen LogP) is 1.79. The molecule has 9 heteroatoms. The number of pyridine rings is 1. The first-order chi connectivity index (χ1) is 10.7. The summed E-state index contributed by atoms with van der Waals surface area (Å²) in [4.78, 5) is 16.9. The summed E-state index contributed by atoms with van der Waals surface area (Å²) in [6.45, 7) is 7.48. The first-order valence-corrected chi connectivity index (χ1v) is 7.12. The molecule has 0 saturated carbocycles. The number of ether oxygens (including phenoxy) is 1. The number of rotatable bonds is 4. The molecule has 1 N–H and O–H groups in total. The molecule has 0 aliphatic heterocycles. The highest BCUT2D eigenvalue weighted by Gasteiger charge is 2.18. The van der Waals surface area contributed by atoms with Gasteiger partial charge in [0.25, 0.3) is 0 Å². The second-order valence-electron chi connectivity index (χ2n) is 6.08. The van der Waals surface area contributed by atoms with Gasteiger partial charge in [-0.05, 0) is 45.0 Å². The molecule has 0 spiro atoms. The van der Waals surface area contributed by atoms with E-state index >= 15 is 0 Å². The van der Waals surface area contributed by atoms with E-state index in [2.05, 4.69) is 25.7 Å². The molecule has 0 aliphatic rings. The third kappa shape index (κ3) is 5.28. The van der Waals surface area contributed by atoms with Gasteiger partial charge in [0.1, 0.15) is 17.1 Å². The summed E-state index contributed by atoms with van der Waals surface area (Å²) in [6, 6.07) is 2.49. The number of amides is 1. The van der Waals surface area contributed by atoms with Gasteiger partial charge in [-0.25, -0.2) is 14.2 Å². The van der Waals surface area contributed by atoms with E-state index in [1.807, 2.05) is 0 Å². The normalized spacial score (nSPS) is 12.7. The lowest BCUT2D eigenvalue weighted by Gasteiger charge is -2.21. The highest BCUT2D eigenvalue weighted by atomic mass is 19.1. The number of alkyl carbamates (subject to hydrolysis) is 1. The highest BCUT2D eigenvalue weighted by molar-refractivity contribution is 5.67. The summed E-state index contributed by atoms with van der Waals surface area (Å²) in [5.41, 5.74) is -0.137. The van der Waals surface area contributed by atoms with Crippen molar-refractivity contribution in [1.82, 2.24) is 30.5 Å². The fourth-order valence-corrected chi connectivity index (χ4v) is 1.73. The van der Waals surface area contributed by atoms with Gasteiger partial charge in [-0.15, -0.1) is 10.2 Å². The molecule has 0 aliphatic carbocycles. The van der Waals surface area contributed by atoms with Crippen LogP contribution in [0.15, 0.2) is 18.3 Å². The number of tetrazole rings is 1. The van der Waals surface area contributed by atoms with Crippen LogP contribution in [-0.2, 0) is 11.3 Å². The summed E-state index contributed by atoms with van der Waals surface area (Å²) in [5, 5.41) is 14.6. The zero-order valence-corrected chi connectivity index (χ0v) is 13.4. The Kier molecular flexibility index (Phi) is 4.87. The molecule has 0 unspecified atom stereocenters. The van der Waals surface area contributed by atoms with Crippen molar-refractivity contribution >= 4 is 6.09 Å². The predicted molar refractivity (Wildman–Crippen MR) is 79.8 cm³/mol. The van der Waals surface area contributed by atoms with E-state index in [1.54, 1.807) is 27.7 Å². The first kappa shape index (κ1) is 16.8. The van der Waals surface area contributed by atoms with E-state index in [4.69, 9.17) is 4.74 Å². The third-order valence-electron chi connectivity index (χ3n) is 2.61. The monoisotopic (exact) mass is 322 g/mol. The number of halogens is 1. The molecule has 23 heavy (non-hydrogen) atoms. The molecule has 1 atom stereocenters. The number of carbonyl (C=O) groups is 1. The lowest BCUT2D eigenvalue weighted by Crippen LogP contribution is -2.40. The second kappa shape index (κ2) is 6.67. The number of nitrogens with one attached hydrogen (secondary N) is 1. The van der Waals surface area contributed by atoms with Crippen molar-refractivity contribution in [2.24, 2.45) is 0 Å². The van der Waals surface area contributed by atoms with E-state index in [0.717, 1.165) is 6.20 Å². The summed E-state index contributed by atoms with van der Waals surface area (Å²) in [7, 11) is 0. The van der Waals surface area contributed by atoms with Gasteiger partial charge < -0.3 is 10.1 Å². The molecule has 2 rings (SSSR count). The number of aromatic nitrogens is 5. The maximum Gasteiger partial charge on any atom is 0.407 e. The van der Waals surface area contributed by atoms with Crippen LogP contribution >= 0.6 is 0 Å². The average molecular weight is 322 g/mol. The Morgan fingerprint density at radius 1 is 1.43 bits per heavy atom. The summed E-state index contributed by atoms with van der Waals surface area (Å²) in [5.74, 6) is -0.147. The largest absolute Gasteiger partial charge is 0.444 e. The van der Waals surface area contributed by atoms with Crippen molar-refractivity contribution in [1.29, 1.82) is 0 Å². The Balaban J connectivity index is 1.93. The molecular formula is C14H19FN6O2. The SMILES string of the molecule is C[C@@H](Cn1nnc(-c2ccc(F)cn2)n1)NC(=O)OC(C)(C)C. The van der Waals surface area contributed by atoms with Gasteiger partial charge in [0.05, 0.1) is 18.8 Å². The minimum Gasteiger partial charge on any atom is -0.444 e. The fraction of sp³-hybridized carbons (Fsp3) is 0.500. The van der Waals surface area contributed by atoms with Crippen molar-refractivity contribution in [2.75, 3.05) is 0 Å². The maximum atomic E-state index is 12.8. The second-order valence-corrected chi connectivity index (χ2v) is 6.08. The van der Waals surface area contributed by atoms with Crippen molar-refractivity contribution < 1.29 is 13.9 Å². The smallest absolute Gasteiger partial charge is 0.407 e. The van der Waals surface area contributed by atoms with E-state index in [1.165, 1.54) is 16.9 Å². The number of hydrogen-bond donors (Lipinski definition) is 1. The summed E-state index contributed by atoms with van der Waals surface area (Å²) in [6.07, 6.45) is 0.577. The Labute approximate surface area is 133 Å². The Morgan fingerprint density at radius 3 is 2.78 bits per heavy atom. The average Bonchev–Trinajstić information content (AvgIpc) is 2.85. The van der Waals surface area contributed by atoms with Crippen molar-refractivity contribution in [3.8, 4) is 11.5 Å². The topological polar surface area (TPSA) is 94.8 Å². The van der Waals surface area contributed by atoms with Gasteiger partial charge in [0.2, 0.25) is 5.82 Å². The summed E-state index contributed by atoms with van der Waals surface area (Å²) < 4.78 is 18.0. The number of hydrogen-bond acceptors (Lipinski definition) is 6. The molecule has 2 aromatic rings. The number of carbonyl (C=O) groups excluding carboxylic acids is 1. The Bertz CT molecular complexity index is 665. The minimum absolute atomic E-state index is 0.256. The van der Waals surface area contributed by atoms with Crippen LogP contribution in [0.4, 0.5) is 9.18 Å². The van der Waals surface area contributed by atoms with Crippen LogP contribution in [-0.4, -0.2) is 42.9 Å². The van der Waals surface area contributed by atoms with Crippen LogP contribution in [0.25, 0.3) is 11.5 Å². The Hall–Kier alpha value is -2.58. The standard InChI is InChI=1S/C14H19FN6O2/c1-9(17-13(22)23-14(2,3)4)8-21-19-12(18-20-21)11-6-5-10(15)7-16-11/h5-7,9H,8H2,1-4H3,(H,17,22)/t9-/m0/s1. The van der Waals surface area contributed by atoms with Crippen LogP contribution < -0.4 is 5.32 Å². The minimum atomic E-state index is -0.559. The highest BCUT2D eigenvalue weighted by Crippen LogP contribution is 2.10. The van der Waals surface area contributed by atoms with Gasteiger partial charge in [-0.1, -0.05) is 0 Å². The molecular weight excluding hydrogens is 303 g/mol. The lowest BCUT2D eigenvalue weighted by molar-refractivity contribution is 0.0502. The van der Waals surface area contributed by atoms with E-state index < -0.39 is 17.5 Å². The van der Waals surface area contributed by atoms with Crippen LogP contribution in [0.2, 0.25) is 0 Å². The molecule has 2 aromatic heterocycles. The van der Waals surface area contributed by atoms with Crippen molar-refractivity contribution in [3.05, 3.63) is 24.1 Å². The number of nitrogens with zero attached hydrogens (tertiary/aromatic N) is 5. The molecule has 1 amide bonds. The molecule has 0 fully saturated rings. The first-order valence-electron chi connectivity index (χ1n) is 7.12. The van der Waals surface area contributed by atoms with Crippen LogP contribution in [0.1, 0.15) is 27.7 Å². The maximum absolute atomic E-state index is 12.8. The summed E-state index contributed by atoms with van der Waals surface area (Å²) >= 11 is 0. The van der Waals surface area contributed by atoms with Gasteiger partial charge in [0, 0.05) is 0 Å².